The Morgan fingerprint density at radius 2 is 2.25 bits per heavy atom. The lowest BCUT2D eigenvalue weighted by Crippen LogP contribution is -2.35. The van der Waals surface area contributed by atoms with Crippen molar-refractivity contribution in [1.82, 2.24) is 10.3 Å². The Morgan fingerprint density at radius 3 is 3.00 bits per heavy atom. The third-order valence-electron chi connectivity index (χ3n) is 3.37. The Bertz CT molecular complexity index is 565. The number of rotatable bonds is 2. The average Bonchev–Trinajstić information content (AvgIpc) is 3.12. The third kappa shape index (κ3) is 2.67. The van der Waals surface area contributed by atoms with E-state index < -0.39 is 0 Å². The van der Waals surface area contributed by atoms with Crippen molar-refractivity contribution >= 4 is 40.9 Å². The van der Waals surface area contributed by atoms with Crippen molar-refractivity contribution in [3.8, 4) is 0 Å². The standard InChI is InChI=1S/C13H16N6S/c1-9(17-18-13(20)19-7-2-3-8-19)11-15-10-5-4-6-14-12(10)16-11/h4-6,10H,2-3,7-8H2,1H3,(H,18,20)/b17-9+. The molecule has 1 saturated heterocycles. The molecule has 0 aromatic rings. The molecule has 0 amide bonds. The van der Waals surface area contributed by atoms with Gasteiger partial charge in [-0.25, -0.2) is 15.0 Å². The number of dihydropyridines is 1. The lowest BCUT2D eigenvalue weighted by Gasteiger charge is -2.17. The van der Waals surface area contributed by atoms with E-state index in [1.807, 2.05) is 19.1 Å². The number of nitrogens with one attached hydrogen (secondary N) is 1. The molecule has 3 aliphatic heterocycles. The third-order valence-corrected chi connectivity index (χ3v) is 3.72. The van der Waals surface area contributed by atoms with Crippen LogP contribution in [0.1, 0.15) is 19.8 Å². The largest absolute Gasteiger partial charge is 0.348 e. The van der Waals surface area contributed by atoms with Crippen molar-refractivity contribution in [2.75, 3.05) is 13.1 Å². The molecule has 1 atom stereocenters. The summed E-state index contributed by atoms with van der Waals surface area (Å²) in [6.07, 6.45) is 7.95. The van der Waals surface area contributed by atoms with Crippen LogP contribution < -0.4 is 5.43 Å². The molecule has 3 aliphatic rings. The predicted molar refractivity (Wildman–Crippen MR) is 85.9 cm³/mol. The molecule has 0 aromatic carbocycles. The van der Waals surface area contributed by atoms with Gasteiger partial charge in [-0.05, 0) is 38.1 Å². The molecule has 0 aromatic heterocycles. The van der Waals surface area contributed by atoms with Gasteiger partial charge in [0.05, 0.1) is 0 Å². The first-order valence-corrected chi connectivity index (χ1v) is 7.12. The van der Waals surface area contributed by atoms with Crippen molar-refractivity contribution in [3.63, 3.8) is 0 Å². The number of nitrogens with zero attached hydrogens (tertiary/aromatic N) is 5. The van der Waals surface area contributed by atoms with Gasteiger partial charge in [0.25, 0.3) is 0 Å². The summed E-state index contributed by atoms with van der Waals surface area (Å²) in [6.45, 7) is 3.88. The number of likely N-dealkylation sites (tertiary alicyclic amines) is 1. The quantitative estimate of drug-likeness (QED) is 0.471. The van der Waals surface area contributed by atoms with Crippen molar-refractivity contribution in [2.45, 2.75) is 25.8 Å². The lowest BCUT2D eigenvalue weighted by atomic mass is 10.2. The maximum atomic E-state index is 5.31. The van der Waals surface area contributed by atoms with Crippen LogP contribution >= 0.6 is 12.2 Å². The summed E-state index contributed by atoms with van der Waals surface area (Å²) in [6, 6.07) is -0.0642. The van der Waals surface area contributed by atoms with Crippen LogP contribution in [0.5, 0.6) is 0 Å². The Balaban J connectivity index is 1.64. The van der Waals surface area contributed by atoms with Gasteiger partial charge in [0.15, 0.2) is 16.8 Å². The van der Waals surface area contributed by atoms with Crippen LogP contribution in [0.3, 0.4) is 0 Å². The number of allylic oxidation sites excluding steroid dienone is 1. The van der Waals surface area contributed by atoms with Gasteiger partial charge < -0.3 is 4.90 Å². The highest BCUT2D eigenvalue weighted by Crippen LogP contribution is 2.12. The van der Waals surface area contributed by atoms with Crippen LogP contribution in [-0.4, -0.2) is 52.7 Å². The minimum absolute atomic E-state index is 0.0642. The summed E-state index contributed by atoms with van der Waals surface area (Å²) in [5.41, 5.74) is 3.64. The molecule has 3 rings (SSSR count). The zero-order chi connectivity index (χ0) is 13.9. The number of hydrogen-bond donors (Lipinski definition) is 1. The lowest BCUT2D eigenvalue weighted by molar-refractivity contribution is 0.509. The van der Waals surface area contributed by atoms with Crippen LogP contribution in [-0.2, 0) is 0 Å². The van der Waals surface area contributed by atoms with Crippen LogP contribution in [0.15, 0.2) is 32.2 Å². The van der Waals surface area contributed by atoms with E-state index in [-0.39, 0.29) is 6.04 Å². The van der Waals surface area contributed by atoms with Gasteiger partial charge in [-0.1, -0.05) is 6.08 Å². The van der Waals surface area contributed by atoms with Gasteiger partial charge in [-0.3, -0.25) is 5.43 Å². The van der Waals surface area contributed by atoms with Crippen molar-refractivity contribution in [2.24, 2.45) is 20.1 Å². The van der Waals surface area contributed by atoms with Crippen LogP contribution in [0.4, 0.5) is 0 Å². The van der Waals surface area contributed by atoms with Gasteiger partial charge in [-0.15, -0.1) is 0 Å². The SMILES string of the molecule is C/C(=N\NC(=S)N1CCCC1)C1=NC2C=CC=NC2=N1. The van der Waals surface area contributed by atoms with Crippen LogP contribution in [0.2, 0.25) is 0 Å². The minimum Gasteiger partial charge on any atom is -0.348 e. The van der Waals surface area contributed by atoms with E-state index in [2.05, 4.69) is 30.4 Å². The highest BCUT2D eigenvalue weighted by atomic mass is 32.1. The van der Waals surface area contributed by atoms with Gasteiger partial charge in [-0.2, -0.15) is 5.10 Å². The van der Waals surface area contributed by atoms with E-state index >= 15 is 0 Å². The molecule has 7 heteroatoms. The molecule has 0 bridgehead atoms. The molecule has 1 fully saturated rings. The van der Waals surface area contributed by atoms with Crippen molar-refractivity contribution in [3.05, 3.63) is 12.2 Å². The predicted octanol–water partition coefficient (Wildman–Crippen LogP) is 1.15. The van der Waals surface area contributed by atoms with Crippen molar-refractivity contribution in [1.29, 1.82) is 0 Å². The maximum Gasteiger partial charge on any atom is 0.189 e. The molecule has 6 nitrogen and oxygen atoms in total. The summed E-state index contributed by atoms with van der Waals surface area (Å²) in [5, 5.41) is 4.95. The number of thiocarbonyl (C=S) groups is 1. The van der Waals surface area contributed by atoms with Gasteiger partial charge in [0.2, 0.25) is 0 Å². The van der Waals surface area contributed by atoms with E-state index in [1.54, 1.807) is 6.21 Å². The highest BCUT2D eigenvalue weighted by Gasteiger charge is 2.22. The number of hydrogen-bond acceptors (Lipinski definition) is 5. The van der Waals surface area contributed by atoms with Crippen molar-refractivity contribution < 1.29 is 0 Å². The molecule has 0 aliphatic carbocycles. The molecular weight excluding hydrogens is 272 g/mol. The molecule has 104 valence electrons. The second-order valence-corrected chi connectivity index (χ2v) is 5.23. The zero-order valence-electron chi connectivity index (χ0n) is 11.3. The van der Waals surface area contributed by atoms with Gasteiger partial charge >= 0.3 is 0 Å². The first-order valence-electron chi connectivity index (χ1n) is 6.71. The fourth-order valence-corrected chi connectivity index (χ4v) is 2.48. The summed E-state index contributed by atoms with van der Waals surface area (Å²) in [5.74, 6) is 1.34. The summed E-state index contributed by atoms with van der Waals surface area (Å²) in [7, 11) is 0. The molecule has 0 saturated carbocycles. The first-order chi connectivity index (χ1) is 9.74. The topological polar surface area (TPSA) is 64.7 Å². The average molecular weight is 288 g/mol. The van der Waals surface area contributed by atoms with Gasteiger partial charge in [0.1, 0.15) is 11.8 Å². The second-order valence-electron chi connectivity index (χ2n) is 4.84. The molecular formula is C13H16N6S. The first kappa shape index (κ1) is 13.1. The van der Waals surface area contributed by atoms with E-state index in [4.69, 9.17) is 12.2 Å². The Labute approximate surface area is 123 Å². The summed E-state index contributed by atoms with van der Waals surface area (Å²) >= 11 is 5.31. The van der Waals surface area contributed by atoms with E-state index in [1.165, 1.54) is 12.8 Å². The zero-order valence-corrected chi connectivity index (χ0v) is 12.1. The van der Waals surface area contributed by atoms with Crippen LogP contribution in [0, 0.1) is 0 Å². The summed E-state index contributed by atoms with van der Waals surface area (Å²) < 4.78 is 0. The van der Waals surface area contributed by atoms with E-state index in [9.17, 15) is 0 Å². The molecule has 1 unspecified atom stereocenters. The van der Waals surface area contributed by atoms with E-state index in [0.29, 0.717) is 10.9 Å². The number of hydrazone groups is 1. The fraction of sp³-hybridized carbons (Fsp3) is 0.462. The highest BCUT2D eigenvalue weighted by molar-refractivity contribution is 7.80. The number of amidine groups is 2. The Morgan fingerprint density at radius 1 is 1.45 bits per heavy atom. The normalized spacial score (nSPS) is 24.6. The Hall–Kier alpha value is -1.89. The minimum atomic E-state index is -0.0642. The smallest absolute Gasteiger partial charge is 0.189 e. The molecule has 1 N–H and O–H groups in total. The summed E-state index contributed by atoms with van der Waals surface area (Å²) in [4.78, 5) is 15.2. The fourth-order valence-electron chi connectivity index (χ4n) is 2.25. The second kappa shape index (κ2) is 5.62. The monoisotopic (exact) mass is 288 g/mol. The molecule has 3 heterocycles. The number of aliphatic imine (C=N–C) groups is 3. The molecule has 0 spiro atoms. The van der Waals surface area contributed by atoms with Crippen LogP contribution in [0.25, 0.3) is 0 Å². The number of fused-ring (bicyclic) bond motifs is 1. The van der Waals surface area contributed by atoms with E-state index in [0.717, 1.165) is 24.6 Å². The molecule has 20 heavy (non-hydrogen) atoms. The Kier molecular flexibility index (Phi) is 3.68. The maximum absolute atomic E-state index is 5.31. The molecule has 0 radical (unpaired) electrons. The van der Waals surface area contributed by atoms with Gasteiger partial charge in [0, 0.05) is 19.3 Å².